The normalized spacial score (nSPS) is 15.8. The summed E-state index contributed by atoms with van der Waals surface area (Å²) in [4.78, 5) is 18.7. The zero-order valence-electron chi connectivity index (χ0n) is 21.8. The Kier molecular flexibility index (Phi) is 7.28. The number of piperazine rings is 1. The van der Waals surface area contributed by atoms with Gasteiger partial charge in [0.1, 0.15) is 0 Å². The van der Waals surface area contributed by atoms with E-state index in [9.17, 15) is 4.79 Å². The molecule has 0 bridgehead atoms. The van der Waals surface area contributed by atoms with E-state index >= 15 is 0 Å². The topological polar surface area (TPSA) is 54.3 Å². The zero-order chi connectivity index (χ0) is 26.4. The highest BCUT2D eigenvalue weighted by atomic mass is 16.2. The molecule has 1 fully saturated rings. The molecular weight excluding hydrogens is 482 g/mol. The van der Waals surface area contributed by atoms with Crippen LogP contribution in [0.1, 0.15) is 21.7 Å². The Morgan fingerprint density at radius 1 is 0.692 bits per heavy atom. The minimum atomic E-state index is -0.0890. The lowest BCUT2D eigenvalue weighted by Gasteiger charge is -2.41. The molecule has 6 rings (SSSR count). The lowest BCUT2D eigenvalue weighted by atomic mass is 10.0. The van der Waals surface area contributed by atoms with E-state index in [0.717, 1.165) is 37.3 Å². The van der Waals surface area contributed by atoms with Crippen molar-refractivity contribution in [3.8, 4) is 17.1 Å². The molecule has 1 atom stereocenters. The second-order valence-electron chi connectivity index (χ2n) is 9.95. The van der Waals surface area contributed by atoms with Gasteiger partial charge in [0.15, 0.2) is 5.82 Å². The maximum absolute atomic E-state index is 14.3. The van der Waals surface area contributed by atoms with Crippen LogP contribution in [-0.4, -0.2) is 56.1 Å². The molecule has 1 aliphatic heterocycles. The summed E-state index contributed by atoms with van der Waals surface area (Å²) in [7, 11) is 0. The minimum Gasteiger partial charge on any atom is -0.330 e. The Bertz CT molecular complexity index is 1500. The lowest BCUT2D eigenvalue weighted by Crippen LogP contribution is -2.56. The monoisotopic (exact) mass is 513 g/mol. The third-order valence-corrected chi connectivity index (χ3v) is 7.29. The van der Waals surface area contributed by atoms with Gasteiger partial charge < -0.3 is 4.90 Å². The smallest absolute Gasteiger partial charge is 0.292 e. The maximum Gasteiger partial charge on any atom is 0.292 e. The molecule has 0 unspecified atom stereocenters. The number of hydrogen-bond acceptors (Lipinski definition) is 4. The lowest BCUT2D eigenvalue weighted by molar-refractivity contribution is 0.0425. The number of hydrogen-bond donors (Lipinski definition) is 0. The number of nitrogens with zero attached hydrogens (tertiary/aromatic N) is 5. The van der Waals surface area contributed by atoms with Gasteiger partial charge in [0.05, 0.1) is 0 Å². The fraction of sp³-hybridized carbons (Fsp3) is 0.182. The summed E-state index contributed by atoms with van der Waals surface area (Å²) >= 11 is 0. The summed E-state index contributed by atoms with van der Waals surface area (Å²) in [5.41, 5.74) is 4.29. The highest BCUT2D eigenvalue weighted by molar-refractivity contribution is 5.92. The van der Waals surface area contributed by atoms with Crippen LogP contribution < -0.4 is 0 Å². The predicted octanol–water partition coefficient (Wildman–Crippen LogP) is 5.50. The van der Waals surface area contributed by atoms with Crippen LogP contribution in [0.3, 0.4) is 0 Å². The molecule has 39 heavy (non-hydrogen) atoms. The first-order valence-electron chi connectivity index (χ1n) is 13.4. The van der Waals surface area contributed by atoms with Gasteiger partial charge in [0.25, 0.3) is 5.91 Å². The number of para-hydroxylation sites is 1. The van der Waals surface area contributed by atoms with Gasteiger partial charge in [-0.25, -0.2) is 0 Å². The molecule has 0 aliphatic carbocycles. The van der Waals surface area contributed by atoms with Crippen molar-refractivity contribution in [3.05, 3.63) is 138 Å². The van der Waals surface area contributed by atoms with Crippen molar-refractivity contribution in [1.82, 2.24) is 24.6 Å². The van der Waals surface area contributed by atoms with Gasteiger partial charge in [-0.15, -0.1) is 10.2 Å². The molecule has 6 heteroatoms. The molecule has 1 aromatic heterocycles. The first-order chi connectivity index (χ1) is 19.3. The fourth-order valence-corrected chi connectivity index (χ4v) is 5.38. The average molecular weight is 514 g/mol. The van der Waals surface area contributed by atoms with Crippen LogP contribution in [0.4, 0.5) is 0 Å². The van der Waals surface area contributed by atoms with E-state index in [4.69, 9.17) is 0 Å². The van der Waals surface area contributed by atoms with Crippen LogP contribution in [0.5, 0.6) is 0 Å². The van der Waals surface area contributed by atoms with Crippen molar-refractivity contribution in [2.24, 2.45) is 0 Å². The van der Waals surface area contributed by atoms with Crippen LogP contribution in [0.25, 0.3) is 17.1 Å². The van der Waals surface area contributed by atoms with E-state index in [1.165, 1.54) is 11.1 Å². The van der Waals surface area contributed by atoms with Crippen LogP contribution in [0.2, 0.25) is 0 Å². The summed E-state index contributed by atoms with van der Waals surface area (Å²) in [6, 6.07) is 40.8. The minimum absolute atomic E-state index is 0.0125. The Hall–Kier alpha value is -4.55. The van der Waals surface area contributed by atoms with Crippen molar-refractivity contribution < 1.29 is 4.79 Å². The molecule has 0 saturated carbocycles. The van der Waals surface area contributed by atoms with Gasteiger partial charge in [0.2, 0.25) is 5.82 Å². The maximum atomic E-state index is 14.3. The van der Waals surface area contributed by atoms with Gasteiger partial charge in [-0.2, -0.15) is 0 Å². The molecule has 6 nitrogen and oxygen atoms in total. The van der Waals surface area contributed by atoms with E-state index in [-0.39, 0.29) is 11.9 Å². The first kappa shape index (κ1) is 24.8. The second kappa shape index (κ2) is 11.5. The van der Waals surface area contributed by atoms with Crippen LogP contribution >= 0.6 is 0 Å². The van der Waals surface area contributed by atoms with Gasteiger partial charge in [-0.1, -0.05) is 109 Å². The molecule has 194 valence electrons. The van der Waals surface area contributed by atoms with Crippen molar-refractivity contribution in [2.45, 2.75) is 19.0 Å². The van der Waals surface area contributed by atoms with Crippen LogP contribution in [0.15, 0.2) is 121 Å². The Morgan fingerprint density at radius 3 is 1.95 bits per heavy atom. The van der Waals surface area contributed by atoms with Crippen LogP contribution in [-0.2, 0) is 13.0 Å². The van der Waals surface area contributed by atoms with Crippen molar-refractivity contribution >= 4 is 5.91 Å². The van der Waals surface area contributed by atoms with E-state index in [0.29, 0.717) is 18.2 Å². The largest absolute Gasteiger partial charge is 0.330 e. The summed E-state index contributed by atoms with van der Waals surface area (Å²) < 4.78 is 1.90. The van der Waals surface area contributed by atoms with Gasteiger partial charge in [0, 0.05) is 43.5 Å². The Morgan fingerprint density at radius 2 is 1.28 bits per heavy atom. The molecular formula is C33H31N5O. The van der Waals surface area contributed by atoms with Gasteiger partial charge in [-0.05, 0) is 29.7 Å². The number of amides is 1. The van der Waals surface area contributed by atoms with Crippen molar-refractivity contribution in [1.29, 1.82) is 0 Å². The summed E-state index contributed by atoms with van der Waals surface area (Å²) in [6.07, 6.45) is 0.781. The van der Waals surface area contributed by atoms with E-state index in [1.54, 1.807) is 0 Å². The SMILES string of the molecule is O=C(c1nnc(-c2ccccc2)n1-c1ccccc1)N1CCN(Cc2ccccc2)C[C@H]1Cc1ccccc1. The highest BCUT2D eigenvalue weighted by Gasteiger charge is 2.34. The third kappa shape index (κ3) is 5.52. The van der Waals surface area contributed by atoms with E-state index in [1.807, 2.05) is 82.3 Å². The average Bonchev–Trinajstić information content (AvgIpc) is 3.44. The molecule has 0 spiro atoms. The molecule has 0 N–H and O–H groups in total. The molecule has 0 radical (unpaired) electrons. The fourth-order valence-electron chi connectivity index (χ4n) is 5.38. The molecule has 1 aliphatic rings. The number of carbonyl (C=O) groups excluding carboxylic acids is 1. The Labute approximate surface area is 229 Å². The molecule has 2 heterocycles. The summed E-state index contributed by atoms with van der Waals surface area (Å²) in [5, 5.41) is 8.99. The molecule has 1 saturated heterocycles. The number of carbonyl (C=O) groups is 1. The molecule has 4 aromatic carbocycles. The van der Waals surface area contributed by atoms with E-state index in [2.05, 4.69) is 63.6 Å². The van der Waals surface area contributed by atoms with E-state index < -0.39 is 0 Å². The number of aromatic nitrogens is 3. The van der Waals surface area contributed by atoms with Crippen molar-refractivity contribution in [3.63, 3.8) is 0 Å². The third-order valence-electron chi connectivity index (χ3n) is 7.29. The summed E-state index contributed by atoms with van der Waals surface area (Å²) in [5.74, 6) is 0.913. The predicted molar refractivity (Wildman–Crippen MR) is 153 cm³/mol. The zero-order valence-corrected chi connectivity index (χ0v) is 21.8. The van der Waals surface area contributed by atoms with Crippen molar-refractivity contribution in [2.75, 3.05) is 19.6 Å². The van der Waals surface area contributed by atoms with Gasteiger partial charge >= 0.3 is 0 Å². The Balaban J connectivity index is 1.34. The number of benzene rings is 4. The second-order valence-corrected chi connectivity index (χ2v) is 9.95. The highest BCUT2D eigenvalue weighted by Crippen LogP contribution is 2.25. The first-order valence-corrected chi connectivity index (χ1v) is 13.4. The standard InChI is InChI=1S/C33H31N5O/c39-33(32-35-34-31(28-17-9-3-10-18-28)38(32)29-19-11-4-12-20-29)37-22-21-36(24-27-15-7-2-8-16-27)25-30(37)23-26-13-5-1-6-14-26/h1-20,30H,21-25H2/t30-/m1/s1. The summed E-state index contributed by atoms with van der Waals surface area (Å²) in [6.45, 7) is 3.09. The van der Waals surface area contributed by atoms with Crippen LogP contribution in [0, 0.1) is 0 Å². The van der Waals surface area contributed by atoms with Gasteiger partial charge in [-0.3, -0.25) is 14.3 Å². The number of rotatable bonds is 7. The molecule has 1 amide bonds. The quantitative estimate of drug-likeness (QED) is 0.288. The molecule has 5 aromatic rings.